The lowest BCUT2D eigenvalue weighted by molar-refractivity contribution is -0.0178. The number of hydrogen-bond acceptors (Lipinski definition) is 6. The van der Waals surface area contributed by atoms with E-state index in [1.807, 2.05) is 18.2 Å². The third-order valence-corrected chi connectivity index (χ3v) is 6.18. The first-order valence-electron chi connectivity index (χ1n) is 8.41. The number of ether oxygens (including phenoxy) is 1. The minimum absolute atomic E-state index is 0.0855. The zero-order chi connectivity index (χ0) is 17.5. The van der Waals surface area contributed by atoms with Crippen molar-refractivity contribution in [3.8, 4) is 0 Å². The lowest BCUT2D eigenvalue weighted by atomic mass is 9.96. The molecule has 0 unspecified atom stereocenters. The molecular formula is C17H21N3O4S. The van der Waals surface area contributed by atoms with Crippen LogP contribution in [0, 0.1) is 0 Å². The standard InChI is InChI=1S/C17H21N3O4S/c1-25(21,22)20-9-10-23-14(12-20)15-18-19-16(24-15)17(7-8-17)11-13-5-3-2-4-6-13/h2-6,14H,7-12H2,1H3/t14-/m0/s1. The predicted octanol–water partition coefficient (Wildman–Crippen LogP) is 1.68. The Labute approximate surface area is 147 Å². The maximum atomic E-state index is 11.7. The van der Waals surface area contributed by atoms with Gasteiger partial charge in [0.1, 0.15) is 6.10 Å². The molecule has 1 aliphatic carbocycles. The van der Waals surface area contributed by atoms with Gasteiger partial charge in [-0.25, -0.2) is 8.42 Å². The molecule has 2 heterocycles. The van der Waals surface area contributed by atoms with E-state index in [2.05, 4.69) is 22.3 Å². The molecule has 1 aromatic heterocycles. The quantitative estimate of drug-likeness (QED) is 0.803. The molecule has 1 saturated heterocycles. The van der Waals surface area contributed by atoms with Crippen LogP contribution >= 0.6 is 0 Å². The van der Waals surface area contributed by atoms with Crippen LogP contribution in [0.5, 0.6) is 0 Å². The van der Waals surface area contributed by atoms with Crippen LogP contribution in [-0.4, -0.2) is 48.9 Å². The summed E-state index contributed by atoms with van der Waals surface area (Å²) < 4.78 is 36.4. The highest BCUT2D eigenvalue weighted by Crippen LogP contribution is 2.50. The second kappa shape index (κ2) is 6.19. The van der Waals surface area contributed by atoms with Crippen LogP contribution in [0.3, 0.4) is 0 Å². The number of sulfonamides is 1. The molecule has 0 radical (unpaired) electrons. The van der Waals surface area contributed by atoms with Gasteiger partial charge in [0.15, 0.2) is 0 Å². The highest BCUT2D eigenvalue weighted by Gasteiger charge is 2.49. The Morgan fingerprint density at radius 1 is 1.24 bits per heavy atom. The Balaban J connectivity index is 1.51. The first-order chi connectivity index (χ1) is 12.0. The Kier molecular flexibility index (Phi) is 4.13. The lowest BCUT2D eigenvalue weighted by Gasteiger charge is -2.29. The van der Waals surface area contributed by atoms with E-state index in [1.54, 1.807) is 0 Å². The Morgan fingerprint density at radius 2 is 2.00 bits per heavy atom. The van der Waals surface area contributed by atoms with Gasteiger partial charge in [-0.1, -0.05) is 30.3 Å². The van der Waals surface area contributed by atoms with Crippen LogP contribution in [0.15, 0.2) is 34.7 Å². The zero-order valence-corrected chi connectivity index (χ0v) is 14.9. The molecule has 0 bridgehead atoms. The number of hydrogen-bond donors (Lipinski definition) is 0. The summed E-state index contributed by atoms with van der Waals surface area (Å²) in [5, 5.41) is 8.39. The van der Waals surface area contributed by atoms with Crippen molar-refractivity contribution >= 4 is 10.0 Å². The molecule has 0 N–H and O–H groups in total. The van der Waals surface area contributed by atoms with Crippen molar-refractivity contribution in [2.75, 3.05) is 26.0 Å². The molecule has 0 spiro atoms. The van der Waals surface area contributed by atoms with E-state index < -0.39 is 16.1 Å². The summed E-state index contributed by atoms with van der Waals surface area (Å²) in [4.78, 5) is 0. The predicted molar refractivity (Wildman–Crippen MR) is 90.5 cm³/mol. The van der Waals surface area contributed by atoms with Gasteiger partial charge in [-0.3, -0.25) is 0 Å². The van der Waals surface area contributed by atoms with Crippen LogP contribution in [0.2, 0.25) is 0 Å². The number of rotatable bonds is 5. The maximum absolute atomic E-state index is 11.7. The van der Waals surface area contributed by atoms with E-state index in [1.165, 1.54) is 16.1 Å². The average molecular weight is 363 g/mol. The molecule has 25 heavy (non-hydrogen) atoms. The van der Waals surface area contributed by atoms with Crippen LogP contribution in [0.4, 0.5) is 0 Å². The molecule has 4 rings (SSSR count). The molecule has 2 aromatic rings. The van der Waals surface area contributed by atoms with Gasteiger partial charge >= 0.3 is 0 Å². The van der Waals surface area contributed by atoms with Crippen molar-refractivity contribution in [1.29, 1.82) is 0 Å². The Morgan fingerprint density at radius 3 is 2.68 bits per heavy atom. The van der Waals surface area contributed by atoms with Gasteiger partial charge in [0.25, 0.3) is 0 Å². The molecule has 2 fully saturated rings. The topological polar surface area (TPSA) is 85.5 Å². The zero-order valence-electron chi connectivity index (χ0n) is 14.1. The van der Waals surface area contributed by atoms with Gasteiger partial charge in [-0.2, -0.15) is 4.31 Å². The van der Waals surface area contributed by atoms with Crippen molar-refractivity contribution in [1.82, 2.24) is 14.5 Å². The van der Waals surface area contributed by atoms with E-state index in [9.17, 15) is 8.42 Å². The maximum Gasteiger partial charge on any atom is 0.246 e. The van der Waals surface area contributed by atoms with Gasteiger partial charge in [-0.15, -0.1) is 10.2 Å². The van der Waals surface area contributed by atoms with E-state index in [-0.39, 0.29) is 12.0 Å². The van der Waals surface area contributed by atoms with Gasteiger partial charge in [0.2, 0.25) is 21.8 Å². The fourth-order valence-electron chi connectivity index (χ4n) is 3.26. The van der Waals surface area contributed by atoms with Crippen LogP contribution < -0.4 is 0 Å². The van der Waals surface area contributed by atoms with Gasteiger partial charge in [0, 0.05) is 13.1 Å². The first-order valence-corrected chi connectivity index (χ1v) is 10.3. The normalized spacial score (nSPS) is 23.5. The smallest absolute Gasteiger partial charge is 0.246 e. The van der Waals surface area contributed by atoms with Gasteiger partial charge < -0.3 is 9.15 Å². The van der Waals surface area contributed by atoms with Crippen molar-refractivity contribution in [2.24, 2.45) is 0 Å². The Bertz CT molecular complexity index is 846. The highest BCUT2D eigenvalue weighted by atomic mass is 32.2. The first kappa shape index (κ1) is 16.7. The Hall–Kier alpha value is -1.77. The molecule has 134 valence electrons. The summed E-state index contributed by atoms with van der Waals surface area (Å²) in [5.74, 6) is 0.995. The van der Waals surface area contributed by atoms with E-state index in [0.717, 1.165) is 19.3 Å². The fraction of sp³-hybridized carbons (Fsp3) is 0.529. The fourth-order valence-corrected chi connectivity index (χ4v) is 4.07. The number of aromatic nitrogens is 2. The van der Waals surface area contributed by atoms with Gasteiger partial charge in [0.05, 0.1) is 18.3 Å². The molecule has 8 heteroatoms. The molecule has 1 aromatic carbocycles. The second-order valence-electron chi connectivity index (χ2n) is 6.87. The van der Waals surface area contributed by atoms with E-state index >= 15 is 0 Å². The summed E-state index contributed by atoms with van der Waals surface area (Å²) >= 11 is 0. The number of nitrogens with zero attached hydrogens (tertiary/aromatic N) is 3. The summed E-state index contributed by atoms with van der Waals surface area (Å²) in [6.07, 6.45) is 3.61. The van der Waals surface area contributed by atoms with Crippen LogP contribution in [0.1, 0.15) is 36.3 Å². The SMILES string of the molecule is CS(=O)(=O)N1CCO[C@H](c2nnc(C3(Cc4ccccc4)CC3)o2)C1. The van der Waals surface area contributed by atoms with Crippen LogP contribution in [-0.2, 0) is 26.6 Å². The average Bonchev–Trinajstić information content (AvgIpc) is 3.20. The minimum Gasteiger partial charge on any atom is -0.422 e. The molecule has 2 aliphatic rings. The van der Waals surface area contributed by atoms with Crippen LogP contribution in [0.25, 0.3) is 0 Å². The number of morpholine rings is 1. The van der Waals surface area contributed by atoms with Crippen molar-refractivity contribution < 1.29 is 17.6 Å². The molecular weight excluding hydrogens is 342 g/mol. The monoisotopic (exact) mass is 363 g/mol. The molecule has 1 aliphatic heterocycles. The van der Waals surface area contributed by atoms with Crippen molar-refractivity contribution in [3.63, 3.8) is 0 Å². The highest BCUT2D eigenvalue weighted by molar-refractivity contribution is 7.88. The molecule has 1 atom stereocenters. The van der Waals surface area contributed by atoms with Gasteiger partial charge in [-0.05, 0) is 24.8 Å². The second-order valence-corrected chi connectivity index (χ2v) is 8.85. The largest absolute Gasteiger partial charge is 0.422 e. The summed E-state index contributed by atoms with van der Waals surface area (Å²) in [5.41, 5.74) is 1.16. The van der Waals surface area contributed by atoms with E-state index in [0.29, 0.717) is 24.9 Å². The summed E-state index contributed by atoms with van der Waals surface area (Å²) in [6.45, 7) is 0.894. The minimum atomic E-state index is -3.25. The number of benzene rings is 1. The van der Waals surface area contributed by atoms with E-state index in [4.69, 9.17) is 9.15 Å². The summed E-state index contributed by atoms with van der Waals surface area (Å²) in [6, 6.07) is 10.3. The third kappa shape index (κ3) is 3.47. The lowest BCUT2D eigenvalue weighted by Crippen LogP contribution is -2.41. The van der Waals surface area contributed by atoms with Crippen molar-refractivity contribution in [3.05, 3.63) is 47.7 Å². The summed E-state index contributed by atoms with van der Waals surface area (Å²) in [7, 11) is -3.25. The van der Waals surface area contributed by atoms with Crippen molar-refractivity contribution in [2.45, 2.75) is 30.8 Å². The third-order valence-electron chi connectivity index (χ3n) is 4.91. The molecule has 0 amide bonds. The molecule has 1 saturated carbocycles. The molecule has 7 nitrogen and oxygen atoms in total.